The van der Waals surface area contributed by atoms with Crippen LogP contribution in [0, 0.1) is 0 Å². The highest BCUT2D eigenvalue weighted by Gasteiger charge is 2.19. The topological polar surface area (TPSA) is 79.3 Å². The van der Waals surface area contributed by atoms with E-state index in [0.29, 0.717) is 0 Å². The smallest absolute Gasteiger partial charge is 0.339 e. The zero-order chi connectivity index (χ0) is 12.4. The Morgan fingerprint density at radius 1 is 1.35 bits per heavy atom. The Bertz CT molecular complexity index is 483. The van der Waals surface area contributed by atoms with Crippen molar-refractivity contribution in [2.45, 2.75) is 32.6 Å². The molecular formula is C12H14N2O3. The van der Waals surface area contributed by atoms with Gasteiger partial charge >= 0.3 is 5.97 Å². The first-order chi connectivity index (χ1) is 8.08. The number of carboxylic acid groups (broad SMARTS) is 1. The number of nitrogens with one attached hydrogen (secondary N) is 1. The molecule has 1 heterocycles. The maximum absolute atomic E-state index is 11.1. The van der Waals surface area contributed by atoms with Crippen LogP contribution in [0.15, 0.2) is 6.07 Å². The Balaban J connectivity index is 2.47. The van der Waals surface area contributed by atoms with Gasteiger partial charge in [0.2, 0.25) is 5.91 Å². The fourth-order valence-electron chi connectivity index (χ4n) is 2.06. The third-order valence-corrected chi connectivity index (χ3v) is 2.83. The molecule has 1 aromatic heterocycles. The Kier molecular flexibility index (Phi) is 3.08. The Morgan fingerprint density at radius 3 is 2.71 bits per heavy atom. The summed E-state index contributed by atoms with van der Waals surface area (Å²) in [7, 11) is 0. The molecule has 5 heteroatoms. The van der Waals surface area contributed by atoms with E-state index in [-0.39, 0.29) is 17.3 Å². The highest BCUT2D eigenvalue weighted by Crippen LogP contribution is 2.24. The average Bonchev–Trinajstić information content (AvgIpc) is 2.27. The lowest BCUT2D eigenvalue weighted by atomic mass is 9.95. The van der Waals surface area contributed by atoms with Crippen molar-refractivity contribution in [2.24, 2.45) is 0 Å². The first kappa shape index (κ1) is 11.6. The van der Waals surface area contributed by atoms with Crippen molar-refractivity contribution in [3.8, 4) is 0 Å². The van der Waals surface area contributed by atoms with Crippen molar-refractivity contribution in [1.82, 2.24) is 4.98 Å². The molecule has 0 atom stereocenters. The van der Waals surface area contributed by atoms with Crippen LogP contribution in [0.25, 0.3) is 0 Å². The van der Waals surface area contributed by atoms with E-state index in [2.05, 4.69) is 10.3 Å². The molecule has 1 aliphatic carbocycles. The molecule has 1 amide bonds. The molecule has 0 aromatic carbocycles. The number of carbonyl (C=O) groups is 2. The minimum Gasteiger partial charge on any atom is -0.478 e. The molecule has 0 spiro atoms. The van der Waals surface area contributed by atoms with Crippen LogP contribution in [0.3, 0.4) is 0 Å². The lowest BCUT2D eigenvalue weighted by Crippen LogP contribution is -2.16. The first-order valence-corrected chi connectivity index (χ1v) is 5.61. The summed E-state index contributed by atoms with van der Waals surface area (Å²) in [6.07, 6.45) is 3.84. The zero-order valence-electron chi connectivity index (χ0n) is 9.62. The molecular weight excluding hydrogens is 220 g/mol. The van der Waals surface area contributed by atoms with Crippen LogP contribution in [0.5, 0.6) is 0 Å². The van der Waals surface area contributed by atoms with Crippen LogP contribution < -0.4 is 5.32 Å². The zero-order valence-corrected chi connectivity index (χ0v) is 9.62. The van der Waals surface area contributed by atoms with Gasteiger partial charge in [-0.1, -0.05) is 0 Å². The van der Waals surface area contributed by atoms with E-state index in [1.54, 1.807) is 6.07 Å². The Morgan fingerprint density at radius 2 is 2.06 bits per heavy atom. The molecule has 90 valence electrons. The van der Waals surface area contributed by atoms with Gasteiger partial charge in [-0.2, -0.15) is 0 Å². The lowest BCUT2D eigenvalue weighted by Gasteiger charge is -2.17. The number of rotatable bonds is 2. The van der Waals surface area contributed by atoms with Crippen molar-refractivity contribution in [1.29, 1.82) is 0 Å². The standard InChI is InChI=1S/C12H14N2O3/c1-7(15)13-11-9(12(16)17)6-8-4-2-3-5-10(8)14-11/h6H,2-5H2,1H3,(H,16,17)(H,13,14,15). The molecule has 1 aliphatic rings. The van der Waals surface area contributed by atoms with Gasteiger partial charge in [0.25, 0.3) is 0 Å². The quantitative estimate of drug-likeness (QED) is 0.814. The van der Waals surface area contributed by atoms with Crippen molar-refractivity contribution in [3.63, 3.8) is 0 Å². The van der Waals surface area contributed by atoms with Gasteiger partial charge in [-0.15, -0.1) is 0 Å². The van der Waals surface area contributed by atoms with Gasteiger partial charge in [0.15, 0.2) is 0 Å². The number of nitrogens with zero attached hydrogens (tertiary/aromatic N) is 1. The summed E-state index contributed by atoms with van der Waals surface area (Å²) >= 11 is 0. The molecule has 1 aromatic rings. The number of aromatic nitrogens is 1. The lowest BCUT2D eigenvalue weighted by molar-refractivity contribution is -0.114. The summed E-state index contributed by atoms with van der Waals surface area (Å²) in [6.45, 7) is 1.34. The molecule has 2 N–H and O–H groups in total. The molecule has 0 aliphatic heterocycles. The predicted molar refractivity (Wildman–Crippen MR) is 62.1 cm³/mol. The van der Waals surface area contributed by atoms with E-state index in [1.165, 1.54) is 6.92 Å². The first-order valence-electron chi connectivity index (χ1n) is 5.61. The summed E-state index contributed by atoms with van der Waals surface area (Å²) in [4.78, 5) is 26.4. The average molecular weight is 234 g/mol. The highest BCUT2D eigenvalue weighted by molar-refractivity contribution is 5.98. The second kappa shape index (κ2) is 4.53. The molecule has 0 saturated heterocycles. The van der Waals surface area contributed by atoms with Gasteiger partial charge < -0.3 is 10.4 Å². The number of carboxylic acids is 1. The third-order valence-electron chi connectivity index (χ3n) is 2.83. The molecule has 2 rings (SSSR count). The van der Waals surface area contributed by atoms with Crippen LogP contribution in [0.2, 0.25) is 0 Å². The molecule has 17 heavy (non-hydrogen) atoms. The Labute approximate surface area is 98.9 Å². The van der Waals surface area contributed by atoms with Crippen LogP contribution in [-0.2, 0) is 17.6 Å². The Hall–Kier alpha value is -1.91. The summed E-state index contributed by atoms with van der Waals surface area (Å²) < 4.78 is 0. The number of amides is 1. The summed E-state index contributed by atoms with van der Waals surface area (Å²) in [6, 6.07) is 1.63. The van der Waals surface area contributed by atoms with Gasteiger partial charge in [0, 0.05) is 12.6 Å². The van der Waals surface area contributed by atoms with E-state index in [4.69, 9.17) is 5.11 Å². The number of hydrogen-bond acceptors (Lipinski definition) is 3. The van der Waals surface area contributed by atoms with Crippen LogP contribution in [0.1, 0.15) is 41.4 Å². The monoisotopic (exact) mass is 234 g/mol. The highest BCUT2D eigenvalue weighted by atomic mass is 16.4. The maximum Gasteiger partial charge on any atom is 0.339 e. The number of aromatic carboxylic acids is 1. The second-order valence-corrected chi connectivity index (χ2v) is 4.18. The molecule has 0 unspecified atom stereocenters. The predicted octanol–water partition coefficient (Wildman–Crippen LogP) is 1.62. The van der Waals surface area contributed by atoms with Gasteiger partial charge in [0.1, 0.15) is 11.4 Å². The minimum absolute atomic E-state index is 0.0702. The van der Waals surface area contributed by atoms with Crippen molar-refractivity contribution >= 4 is 17.7 Å². The second-order valence-electron chi connectivity index (χ2n) is 4.18. The van der Waals surface area contributed by atoms with Crippen LogP contribution in [-0.4, -0.2) is 22.0 Å². The molecule has 5 nitrogen and oxygen atoms in total. The number of hydrogen-bond donors (Lipinski definition) is 2. The van der Waals surface area contributed by atoms with Crippen molar-refractivity contribution in [3.05, 3.63) is 22.9 Å². The van der Waals surface area contributed by atoms with E-state index < -0.39 is 5.97 Å². The number of carbonyl (C=O) groups excluding carboxylic acids is 1. The molecule has 0 fully saturated rings. The van der Waals surface area contributed by atoms with E-state index >= 15 is 0 Å². The van der Waals surface area contributed by atoms with E-state index in [1.807, 2.05) is 0 Å². The van der Waals surface area contributed by atoms with E-state index in [9.17, 15) is 9.59 Å². The van der Waals surface area contributed by atoms with Crippen LogP contribution in [0.4, 0.5) is 5.82 Å². The molecule has 0 bridgehead atoms. The summed E-state index contributed by atoms with van der Waals surface area (Å²) in [5.41, 5.74) is 1.97. The van der Waals surface area contributed by atoms with Gasteiger partial charge in [-0.3, -0.25) is 4.79 Å². The maximum atomic E-state index is 11.1. The SMILES string of the molecule is CC(=O)Nc1nc2c(cc1C(=O)O)CCCC2. The summed E-state index contributed by atoms with van der Waals surface area (Å²) in [5, 5.41) is 11.6. The van der Waals surface area contributed by atoms with Gasteiger partial charge in [-0.25, -0.2) is 9.78 Å². The summed E-state index contributed by atoms with van der Waals surface area (Å²) in [5.74, 6) is -1.21. The largest absolute Gasteiger partial charge is 0.478 e. The van der Waals surface area contributed by atoms with Gasteiger partial charge in [0.05, 0.1) is 0 Å². The van der Waals surface area contributed by atoms with Crippen molar-refractivity contribution < 1.29 is 14.7 Å². The fraction of sp³-hybridized carbons (Fsp3) is 0.417. The normalized spacial score (nSPS) is 13.9. The fourth-order valence-corrected chi connectivity index (χ4v) is 2.06. The molecule has 0 saturated carbocycles. The number of anilines is 1. The van der Waals surface area contributed by atoms with E-state index in [0.717, 1.165) is 36.9 Å². The molecule has 0 radical (unpaired) electrons. The third kappa shape index (κ3) is 2.43. The minimum atomic E-state index is -1.06. The van der Waals surface area contributed by atoms with Crippen molar-refractivity contribution in [2.75, 3.05) is 5.32 Å². The number of aryl methyl sites for hydroxylation is 2. The van der Waals surface area contributed by atoms with Crippen LogP contribution >= 0.6 is 0 Å². The number of pyridine rings is 1. The van der Waals surface area contributed by atoms with Gasteiger partial charge in [-0.05, 0) is 37.3 Å². The number of fused-ring (bicyclic) bond motifs is 1.